The van der Waals surface area contributed by atoms with Crippen LogP contribution in [0.4, 0.5) is 11.6 Å². The number of aryl methyl sites for hydroxylation is 1. The fraction of sp³-hybridized carbons (Fsp3) is 0.333. The Hall–Kier alpha value is -3.22. The average molecular weight is 380 g/mol. The van der Waals surface area contributed by atoms with Crippen LogP contribution in [0.5, 0.6) is 0 Å². The van der Waals surface area contributed by atoms with Crippen molar-refractivity contribution in [1.82, 2.24) is 14.5 Å². The van der Waals surface area contributed by atoms with Crippen molar-refractivity contribution < 1.29 is 0 Å². The van der Waals surface area contributed by atoms with Gasteiger partial charge in [0.15, 0.2) is 0 Å². The van der Waals surface area contributed by atoms with E-state index in [-0.39, 0.29) is 17.1 Å². The molecule has 0 amide bonds. The number of nitrogens with zero attached hydrogens (tertiary/aromatic N) is 3. The molecular weight excluding hydrogens is 352 g/mol. The number of anilines is 2. The van der Waals surface area contributed by atoms with E-state index < -0.39 is 0 Å². The summed E-state index contributed by atoms with van der Waals surface area (Å²) in [6.45, 7) is 10.5. The van der Waals surface area contributed by atoms with Crippen LogP contribution in [-0.2, 0) is 13.1 Å². The molecule has 0 saturated carbocycles. The quantitative estimate of drug-likeness (QED) is 0.584. The maximum absolute atomic E-state index is 12.9. The van der Waals surface area contributed by atoms with Gasteiger partial charge in [-0.15, -0.1) is 0 Å². The number of benzene rings is 1. The smallest absolute Gasteiger partial charge is 0.258 e. The number of hydrogen-bond acceptors (Lipinski definition) is 6. The topological polar surface area (TPSA) is 110 Å². The van der Waals surface area contributed by atoms with Gasteiger partial charge in [0, 0.05) is 18.0 Å². The second-order valence-electron chi connectivity index (χ2n) is 6.19. The van der Waals surface area contributed by atoms with Crippen molar-refractivity contribution in [2.45, 2.75) is 47.7 Å². The first-order valence-electron chi connectivity index (χ1n) is 9.46. The third-order valence-electron chi connectivity index (χ3n) is 4.44. The number of nitrogens with two attached hydrogens (primary N) is 1. The minimum Gasteiger partial charge on any atom is -0.383 e. The minimum atomic E-state index is 0.00515. The molecule has 7 heteroatoms. The lowest BCUT2D eigenvalue weighted by atomic mass is 10.1. The third-order valence-corrected chi connectivity index (χ3v) is 4.44. The van der Waals surface area contributed by atoms with Gasteiger partial charge < -0.3 is 21.0 Å². The summed E-state index contributed by atoms with van der Waals surface area (Å²) in [4.78, 5) is 21.0. The van der Waals surface area contributed by atoms with E-state index in [1.54, 1.807) is 11.5 Å². The molecule has 0 fully saturated rings. The SMILES string of the molecule is CC.CCn1c(CNc2ncnc(N)c2C(C)=N)cc2cccc(C)c2c1=O. The summed E-state index contributed by atoms with van der Waals surface area (Å²) in [5.41, 5.74) is 8.47. The van der Waals surface area contributed by atoms with Crippen LogP contribution in [0.2, 0.25) is 0 Å². The first-order chi connectivity index (χ1) is 13.4. The molecule has 0 spiro atoms. The maximum atomic E-state index is 12.9. The molecular formula is C21H28N6O. The van der Waals surface area contributed by atoms with Crippen molar-refractivity contribution in [3.05, 3.63) is 57.8 Å². The molecule has 0 aliphatic heterocycles. The van der Waals surface area contributed by atoms with Crippen molar-refractivity contribution in [2.24, 2.45) is 0 Å². The number of nitrogens with one attached hydrogen (secondary N) is 2. The highest BCUT2D eigenvalue weighted by Crippen LogP contribution is 2.20. The Labute approximate surface area is 165 Å². The number of nitrogen functional groups attached to an aromatic ring is 1. The number of pyridine rings is 1. The van der Waals surface area contributed by atoms with Gasteiger partial charge in [-0.2, -0.15) is 0 Å². The Morgan fingerprint density at radius 3 is 2.64 bits per heavy atom. The first kappa shape index (κ1) is 21.1. The standard InChI is InChI=1S/C19H22N6O.C2H6/c1-4-25-14(8-13-7-5-6-11(2)15(13)19(25)26)9-22-18-16(12(3)20)17(21)23-10-24-18;1-2/h5-8,10,20H,4,9H2,1-3H3,(H3,21,22,23,24);1-2H3. The molecule has 0 radical (unpaired) electrons. The highest BCUT2D eigenvalue weighted by molar-refractivity contribution is 6.04. The highest BCUT2D eigenvalue weighted by atomic mass is 16.1. The Bertz CT molecular complexity index is 1050. The van der Waals surface area contributed by atoms with Crippen LogP contribution in [0.1, 0.15) is 44.5 Å². The lowest BCUT2D eigenvalue weighted by molar-refractivity contribution is 0.689. The van der Waals surface area contributed by atoms with Crippen LogP contribution in [0.3, 0.4) is 0 Å². The Kier molecular flexibility index (Phi) is 6.87. The molecule has 0 aliphatic rings. The van der Waals surface area contributed by atoms with Crippen LogP contribution in [0.25, 0.3) is 10.8 Å². The molecule has 2 aromatic heterocycles. The summed E-state index contributed by atoms with van der Waals surface area (Å²) in [6.07, 6.45) is 1.36. The van der Waals surface area contributed by atoms with Gasteiger partial charge in [-0.05, 0) is 37.8 Å². The van der Waals surface area contributed by atoms with Crippen LogP contribution in [0, 0.1) is 12.3 Å². The van der Waals surface area contributed by atoms with Crippen molar-refractivity contribution in [3.8, 4) is 0 Å². The summed E-state index contributed by atoms with van der Waals surface area (Å²) in [7, 11) is 0. The van der Waals surface area contributed by atoms with Crippen LogP contribution < -0.4 is 16.6 Å². The molecule has 2 heterocycles. The van der Waals surface area contributed by atoms with E-state index in [0.29, 0.717) is 24.5 Å². The van der Waals surface area contributed by atoms with Crippen molar-refractivity contribution in [2.75, 3.05) is 11.1 Å². The van der Waals surface area contributed by atoms with E-state index in [9.17, 15) is 4.79 Å². The number of fused-ring (bicyclic) bond motifs is 1. The molecule has 148 valence electrons. The van der Waals surface area contributed by atoms with Crippen LogP contribution in [-0.4, -0.2) is 20.2 Å². The third kappa shape index (κ3) is 4.03. The summed E-state index contributed by atoms with van der Waals surface area (Å²) in [6, 6.07) is 7.86. The molecule has 7 nitrogen and oxygen atoms in total. The highest BCUT2D eigenvalue weighted by Gasteiger charge is 2.13. The van der Waals surface area contributed by atoms with Gasteiger partial charge in [0.2, 0.25) is 0 Å². The predicted octanol–water partition coefficient (Wildman–Crippen LogP) is 3.73. The predicted molar refractivity (Wildman–Crippen MR) is 116 cm³/mol. The monoisotopic (exact) mass is 380 g/mol. The zero-order valence-corrected chi connectivity index (χ0v) is 17.1. The molecule has 3 aromatic rings. The van der Waals surface area contributed by atoms with Gasteiger partial charge in [0.05, 0.1) is 17.5 Å². The summed E-state index contributed by atoms with van der Waals surface area (Å²) in [5.74, 6) is 0.751. The van der Waals surface area contributed by atoms with E-state index in [2.05, 4.69) is 15.3 Å². The minimum absolute atomic E-state index is 0.00515. The summed E-state index contributed by atoms with van der Waals surface area (Å²) in [5, 5.41) is 12.8. The fourth-order valence-electron chi connectivity index (χ4n) is 3.20. The summed E-state index contributed by atoms with van der Waals surface area (Å²) >= 11 is 0. The van der Waals surface area contributed by atoms with Crippen molar-refractivity contribution in [3.63, 3.8) is 0 Å². The lowest BCUT2D eigenvalue weighted by Crippen LogP contribution is -2.25. The molecule has 1 aromatic carbocycles. The number of aromatic nitrogens is 3. The fourth-order valence-corrected chi connectivity index (χ4v) is 3.20. The zero-order valence-electron chi connectivity index (χ0n) is 17.1. The zero-order chi connectivity index (χ0) is 20.8. The molecule has 4 N–H and O–H groups in total. The van der Waals surface area contributed by atoms with Crippen LogP contribution in [0.15, 0.2) is 35.4 Å². The Morgan fingerprint density at radius 2 is 2.00 bits per heavy atom. The van der Waals surface area contributed by atoms with E-state index in [1.165, 1.54) is 6.33 Å². The van der Waals surface area contributed by atoms with E-state index in [4.69, 9.17) is 11.1 Å². The first-order valence-corrected chi connectivity index (χ1v) is 9.46. The largest absolute Gasteiger partial charge is 0.383 e. The van der Waals surface area contributed by atoms with Gasteiger partial charge in [0.1, 0.15) is 18.0 Å². The van der Waals surface area contributed by atoms with Crippen molar-refractivity contribution in [1.29, 1.82) is 5.41 Å². The maximum Gasteiger partial charge on any atom is 0.258 e. The van der Waals surface area contributed by atoms with Crippen LogP contribution >= 0.6 is 0 Å². The molecule has 28 heavy (non-hydrogen) atoms. The van der Waals surface area contributed by atoms with E-state index in [0.717, 1.165) is 22.0 Å². The van der Waals surface area contributed by atoms with Gasteiger partial charge >= 0.3 is 0 Å². The number of rotatable bonds is 5. The van der Waals surface area contributed by atoms with Gasteiger partial charge in [-0.3, -0.25) is 4.79 Å². The lowest BCUT2D eigenvalue weighted by Gasteiger charge is -2.16. The van der Waals surface area contributed by atoms with E-state index in [1.807, 2.05) is 52.0 Å². The average Bonchev–Trinajstić information content (AvgIpc) is 2.67. The van der Waals surface area contributed by atoms with Gasteiger partial charge in [-0.25, -0.2) is 9.97 Å². The molecule has 0 saturated heterocycles. The Balaban J connectivity index is 0.00000136. The van der Waals surface area contributed by atoms with Gasteiger partial charge in [-0.1, -0.05) is 32.0 Å². The molecule has 0 unspecified atom stereocenters. The normalized spacial score (nSPS) is 10.3. The second-order valence-corrected chi connectivity index (χ2v) is 6.19. The molecule has 3 rings (SSSR count). The van der Waals surface area contributed by atoms with E-state index >= 15 is 0 Å². The number of hydrogen-bond donors (Lipinski definition) is 3. The molecule has 0 atom stereocenters. The Morgan fingerprint density at radius 1 is 1.29 bits per heavy atom. The van der Waals surface area contributed by atoms with Crippen molar-refractivity contribution >= 4 is 28.1 Å². The molecule has 0 aliphatic carbocycles. The second kappa shape index (κ2) is 9.12. The molecule has 0 bridgehead atoms. The van der Waals surface area contributed by atoms with Gasteiger partial charge in [0.25, 0.3) is 5.56 Å². The summed E-state index contributed by atoms with van der Waals surface area (Å²) < 4.78 is 1.75.